The molecule has 0 fully saturated rings. The molecule has 0 aliphatic carbocycles. The van der Waals surface area contributed by atoms with Crippen LogP contribution in [-0.4, -0.2) is 52.9 Å². The van der Waals surface area contributed by atoms with E-state index >= 15 is 0 Å². The number of amides is 4. The predicted octanol–water partition coefficient (Wildman–Crippen LogP) is 4.91. The summed E-state index contributed by atoms with van der Waals surface area (Å²) in [6.07, 6.45) is 4.42. The fourth-order valence-electron chi connectivity index (χ4n) is 4.41. The molecule has 9 heteroatoms. The second-order valence-electron chi connectivity index (χ2n) is 11.3. The summed E-state index contributed by atoms with van der Waals surface area (Å²) in [4.78, 5) is 53.8. The molecule has 0 aromatic heterocycles. The third kappa shape index (κ3) is 13.0. The zero-order chi connectivity index (χ0) is 29.6. The number of hydrogen-bond donors (Lipinski definition) is 3. The number of carbonyl (C=O) groups excluding carboxylic acids is 4. The van der Waals surface area contributed by atoms with E-state index in [2.05, 4.69) is 24.5 Å². The topological polar surface area (TPSA) is 131 Å². The fourth-order valence-corrected chi connectivity index (χ4v) is 4.41. The van der Waals surface area contributed by atoms with Gasteiger partial charge in [0.25, 0.3) is 0 Å². The molecule has 3 unspecified atom stereocenters. The maximum atomic E-state index is 14.2. The van der Waals surface area contributed by atoms with Crippen LogP contribution in [0.1, 0.15) is 110 Å². The average molecular weight is 547 g/mol. The van der Waals surface area contributed by atoms with Crippen LogP contribution in [0, 0.1) is 6.92 Å². The second kappa shape index (κ2) is 16.8. The number of primary amides is 1. The van der Waals surface area contributed by atoms with Crippen LogP contribution in [-0.2, 0) is 19.1 Å². The summed E-state index contributed by atoms with van der Waals surface area (Å²) in [6.45, 7) is 13.5. The lowest BCUT2D eigenvalue weighted by Gasteiger charge is -2.35. The Morgan fingerprint density at radius 1 is 1.00 bits per heavy atom. The van der Waals surface area contributed by atoms with E-state index in [9.17, 15) is 19.2 Å². The summed E-state index contributed by atoms with van der Waals surface area (Å²) >= 11 is 0. The van der Waals surface area contributed by atoms with E-state index < -0.39 is 35.6 Å². The minimum Gasteiger partial charge on any atom is -0.444 e. The molecule has 9 nitrogen and oxygen atoms in total. The van der Waals surface area contributed by atoms with Crippen LogP contribution in [0.25, 0.3) is 0 Å². The SMILES string of the molecule is CCCCCCN(C(=O)C(CCC(N)=O)NC(=O)OC(C)(C)C)C(C(=O)NC(C)CCC)c1cccc(C)c1. The highest BCUT2D eigenvalue weighted by Crippen LogP contribution is 2.25. The smallest absolute Gasteiger partial charge is 0.408 e. The van der Waals surface area contributed by atoms with Gasteiger partial charge in [0.2, 0.25) is 17.7 Å². The number of nitrogens with two attached hydrogens (primary N) is 1. The molecular weight excluding hydrogens is 496 g/mol. The highest BCUT2D eigenvalue weighted by molar-refractivity contribution is 5.92. The highest BCUT2D eigenvalue weighted by Gasteiger charge is 2.36. The van der Waals surface area contributed by atoms with Crippen molar-refractivity contribution in [2.75, 3.05) is 6.54 Å². The Kier molecular flexibility index (Phi) is 14.6. The summed E-state index contributed by atoms with van der Waals surface area (Å²) in [7, 11) is 0. The third-order valence-electron chi connectivity index (χ3n) is 6.23. The summed E-state index contributed by atoms with van der Waals surface area (Å²) in [5, 5.41) is 5.71. The lowest BCUT2D eigenvalue weighted by atomic mass is 9.99. The molecule has 0 radical (unpaired) electrons. The van der Waals surface area contributed by atoms with Crippen LogP contribution in [0.15, 0.2) is 24.3 Å². The van der Waals surface area contributed by atoms with Crippen molar-refractivity contribution in [1.82, 2.24) is 15.5 Å². The lowest BCUT2D eigenvalue weighted by molar-refractivity contribution is -0.143. The van der Waals surface area contributed by atoms with E-state index in [-0.39, 0.29) is 24.8 Å². The van der Waals surface area contributed by atoms with Gasteiger partial charge in [0, 0.05) is 19.0 Å². The van der Waals surface area contributed by atoms with E-state index in [0.29, 0.717) is 18.5 Å². The number of carbonyl (C=O) groups is 4. The number of nitrogens with one attached hydrogen (secondary N) is 2. The predicted molar refractivity (Wildman–Crippen MR) is 154 cm³/mol. The molecular formula is C30H50N4O5. The molecule has 3 atom stereocenters. The van der Waals surface area contributed by atoms with Crippen molar-refractivity contribution >= 4 is 23.8 Å². The lowest BCUT2D eigenvalue weighted by Crippen LogP contribution is -2.54. The number of benzene rings is 1. The van der Waals surface area contributed by atoms with Crippen molar-refractivity contribution in [3.63, 3.8) is 0 Å². The van der Waals surface area contributed by atoms with Gasteiger partial charge < -0.3 is 26.0 Å². The van der Waals surface area contributed by atoms with Crippen molar-refractivity contribution in [3.05, 3.63) is 35.4 Å². The van der Waals surface area contributed by atoms with Crippen molar-refractivity contribution in [1.29, 1.82) is 0 Å². The van der Waals surface area contributed by atoms with Gasteiger partial charge in [-0.25, -0.2) is 4.79 Å². The Hall–Kier alpha value is -3.10. The largest absolute Gasteiger partial charge is 0.444 e. The second-order valence-corrected chi connectivity index (χ2v) is 11.3. The Morgan fingerprint density at radius 3 is 2.26 bits per heavy atom. The van der Waals surface area contributed by atoms with E-state index in [1.54, 1.807) is 25.7 Å². The van der Waals surface area contributed by atoms with Crippen molar-refractivity contribution in [2.45, 2.75) is 124 Å². The number of hydrogen-bond acceptors (Lipinski definition) is 5. The first-order valence-electron chi connectivity index (χ1n) is 14.2. The zero-order valence-electron chi connectivity index (χ0n) is 25.0. The van der Waals surface area contributed by atoms with Crippen LogP contribution in [0.5, 0.6) is 0 Å². The van der Waals surface area contributed by atoms with Gasteiger partial charge in [-0.15, -0.1) is 0 Å². The molecule has 4 N–H and O–H groups in total. The van der Waals surface area contributed by atoms with E-state index in [1.165, 1.54) is 0 Å². The number of alkyl carbamates (subject to hydrolysis) is 1. The first-order valence-corrected chi connectivity index (χ1v) is 14.2. The standard InChI is InChI=1S/C30H50N4O5/c1-8-10-11-12-19-34(28(37)24(17-18-25(31)35)33-29(38)39-30(5,6)7)26(23-16-13-15-21(3)20-23)27(36)32-22(4)14-9-2/h13,15-16,20,22,24,26H,8-12,14,17-19H2,1-7H3,(H2,31,35)(H,32,36)(H,33,38). The summed E-state index contributed by atoms with van der Waals surface area (Å²) < 4.78 is 5.39. The number of ether oxygens (including phenoxy) is 1. The molecule has 0 aliphatic rings. The van der Waals surface area contributed by atoms with Gasteiger partial charge in [-0.05, 0) is 59.4 Å². The molecule has 0 bridgehead atoms. The Morgan fingerprint density at radius 2 is 1.69 bits per heavy atom. The molecule has 4 amide bonds. The first kappa shape index (κ1) is 33.9. The molecule has 39 heavy (non-hydrogen) atoms. The van der Waals surface area contributed by atoms with Crippen molar-refractivity contribution in [2.24, 2.45) is 5.73 Å². The molecule has 0 aliphatic heterocycles. The van der Waals surface area contributed by atoms with Crippen molar-refractivity contribution in [3.8, 4) is 0 Å². The Bertz CT molecular complexity index is 944. The number of rotatable bonds is 16. The third-order valence-corrected chi connectivity index (χ3v) is 6.23. The van der Waals surface area contributed by atoms with E-state index in [0.717, 1.165) is 37.7 Å². The van der Waals surface area contributed by atoms with Crippen LogP contribution in [0.2, 0.25) is 0 Å². The number of nitrogens with zero attached hydrogens (tertiary/aromatic N) is 1. The number of aryl methyl sites for hydroxylation is 1. The zero-order valence-corrected chi connectivity index (χ0v) is 25.0. The summed E-state index contributed by atoms with van der Waals surface area (Å²) in [5.74, 6) is -1.32. The van der Waals surface area contributed by atoms with E-state index in [1.807, 2.05) is 38.1 Å². The molecule has 0 saturated carbocycles. The first-order chi connectivity index (χ1) is 18.3. The molecule has 220 valence electrons. The van der Waals surface area contributed by atoms with Crippen molar-refractivity contribution < 1.29 is 23.9 Å². The molecule has 1 aromatic carbocycles. The quantitative estimate of drug-likeness (QED) is 0.254. The molecule has 1 aromatic rings. The maximum absolute atomic E-state index is 14.2. The van der Waals surface area contributed by atoms with Gasteiger partial charge in [0.15, 0.2) is 0 Å². The van der Waals surface area contributed by atoms with Crippen LogP contribution in [0.3, 0.4) is 0 Å². The Balaban J connectivity index is 3.51. The maximum Gasteiger partial charge on any atom is 0.408 e. The fraction of sp³-hybridized carbons (Fsp3) is 0.667. The van der Waals surface area contributed by atoms with Gasteiger partial charge >= 0.3 is 6.09 Å². The van der Waals surface area contributed by atoms with Gasteiger partial charge in [-0.1, -0.05) is 69.4 Å². The molecule has 0 spiro atoms. The molecule has 0 saturated heterocycles. The minimum absolute atomic E-state index is 0.00668. The summed E-state index contributed by atoms with van der Waals surface area (Å²) in [6, 6.07) is 5.47. The Labute approximate surface area is 234 Å². The van der Waals surface area contributed by atoms with Gasteiger partial charge in [-0.2, -0.15) is 0 Å². The average Bonchev–Trinajstić information content (AvgIpc) is 2.82. The van der Waals surface area contributed by atoms with Gasteiger partial charge in [-0.3, -0.25) is 14.4 Å². The molecule has 1 rings (SSSR count). The van der Waals surface area contributed by atoms with Gasteiger partial charge in [0.1, 0.15) is 17.7 Å². The monoisotopic (exact) mass is 546 g/mol. The van der Waals surface area contributed by atoms with Gasteiger partial charge in [0.05, 0.1) is 0 Å². The molecule has 0 heterocycles. The van der Waals surface area contributed by atoms with E-state index in [4.69, 9.17) is 10.5 Å². The van der Waals surface area contributed by atoms with Crippen LogP contribution >= 0.6 is 0 Å². The number of unbranched alkanes of at least 4 members (excludes halogenated alkanes) is 3. The van der Waals surface area contributed by atoms with Crippen LogP contribution < -0.4 is 16.4 Å². The van der Waals surface area contributed by atoms with Crippen LogP contribution in [0.4, 0.5) is 4.79 Å². The summed E-state index contributed by atoms with van der Waals surface area (Å²) in [5.41, 5.74) is 6.26. The highest BCUT2D eigenvalue weighted by atomic mass is 16.6. The normalized spacial score (nSPS) is 13.6. The minimum atomic E-state index is -1.09.